The molecule has 2 aliphatic heterocycles. The third-order valence-corrected chi connectivity index (χ3v) is 3.38. The van der Waals surface area contributed by atoms with Gasteiger partial charge in [-0.05, 0) is 12.8 Å². The summed E-state index contributed by atoms with van der Waals surface area (Å²) in [6, 6.07) is 0. The number of amides is 1. The molecule has 0 aromatic heterocycles. The molecule has 0 bridgehead atoms. The zero-order chi connectivity index (χ0) is 13.7. The number of ether oxygens (including phenoxy) is 1. The molecular formula is C13H17NO4. The van der Waals surface area contributed by atoms with Crippen LogP contribution >= 0.6 is 0 Å². The topological polar surface area (TPSA) is 67.0 Å². The summed E-state index contributed by atoms with van der Waals surface area (Å²) >= 11 is 0. The fraction of sp³-hybridized carbons (Fsp3) is 0.615. The molecule has 0 radical (unpaired) electrons. The second-order valence-electron chi connectivity index (χ2n) is 5.31. The van der Waals surface area contributed by atoms with Gasteiger partial charge in [0.1, 0.15) is 0 Å². The van der Waals surface area contributed by atoms with Crippen molar-refractivity contribution in [2.75, 3.05) is 7.05 Å². The second kappa shape index (κ2) is 4.02. The highest BCUT2D eigenvalue weighted by atomic mass is 16.6. The SMILES string of the molecule is CC1=CC(=O)[C@@]2(O[C@@H]2C(=O)CC(C)C)C(=O)N1C. The Morgan fingerprint density at radius 1 is 1.50 bits per heavy atom. The number of carbonyl (C=O) groups excluding carboxylic acids is 3. The van der Waals surface area contributed by atoms with Gasteiger partial charge in [-0.2, -0.15) is 0 Å². The number of allylic oxidation sites excluding steroid dienone is 1. The van der Waals surface area contributed by atoms with Gasteiger partial charge in [-0.25, -0.2) is 0 Å². The molecule has 2 aliphatic rings. The highest BCUT2D eigenvalue weighted by Gasteiger charge is 2.72. The molecule has 0 aromatic carbocycles. The molecule has 0 unspecified atom stereocenters. The summed E-state index contributed by atoms with van der Waals surface area (Å²) in [5, 5.41) is 0. The monoisotopic (exact) mass is 251 g/mol. The molecule has 5 heteroatoms. The van der Waals surface area contributed by atoms with Crippen molar-refractivity contribution in [3.05, 3.63) is 11.8 Å². The minimum atomic E-state index is -1.56. The first-order valence-corrected chi connectivity index (χ1v) is 6.02. The van der Waals surface area contributed by atoms with Crippen LogP contribution in [-0.2, 0) is 19.1 Å². The first-order valence-electron chi connectivity index (χ1n) is 6.02. The maximum absolute atomic E-state index is 12.1. The zero-order valence-electron chi connectivity index (χ0n) is 11.0. The Bertz CT molecular complexity index is 466. The van der Waals surface area contributed by atoms with E-state index in [1.165, 1.54) is 11.0 Å². The largest absolute Gasteiger partial charge is 0.339 e. The standard InChI is InChI=1S/C13H17NO4/c1-7(2)5-9(15)11-13(18-11)10(16)6-8(3)14(4)12(13)17/h6-7,11H,5H2,1-4H3/t11-,13+/m1/s1. The van der Waals surface area contributed by atoms with E-state index >= 15 is 0 Å². The number of Topliss-reactive ketones (excluding diaryl/α,β-unsaturated/α-hetero) is 1. The van der Waals surface area contributed by atoms with Crippen LogP contribution < -0.4 is 0 Å². The fourth-order valence-corrected chi connectivity index (χ4v) is 2.21. The lowest BCUT2D eigenvalue weighted by molar-refractivity contribution is -0.141. The van der Waals surface area contributed by atoms with Crippen molar-refractivity contribution in [1.82, 2.24) is 4.90 Å². The molecule has 0 aliphatic carbocycles. The summed E-state index contributed by atoms with van der Waals surface area (Å²) in [4.78, 5) is 37.3. The number of nitrogens with zero attached hydrogens (tertiary/aromatic N) is 1. The van der Waals surface area contributed by atoms with Crippen molar-refractivity contribution < 1.29 is 19.1 Å². The molecule has 0 N–H and O–H groups in total. The Morgan fingerprint density at radius 3 is 2.67 bits per heavy atom. The Kier molecular flexibility index (Phi) is 2.89. The van der Waals surface area contributed by atoms with Crippen molar-refractivity contribution in [3.63, 3.8) is 0 Å². The van der Waals surface area contributed by atoms with E-state index in [2.05, 4.69) is 0 Å². The van der Waals surface area contributed by atoms with Crippen LogP contribution in [0.5, 0.6) is 0 Å². The molecule has 1 spiro atoms. The first kappa shape index (κ1) is 13.0. The van der Waals surface area contributed by atoms with Crippen LogP contribution in [0.15, 0.2) is 11.8 Å². The predicted octanol–water partition coefficient (Wildman–Crippen LogP) is 0.684. The van der Waals surface area contributed by atoms with Gasteiger partial charge in [0.15, 0.2) is 11.9 Å². The van der Waals surface area contributed by atoms with E-state index in [1.807, 2.05) is 13.8 Å². The smallest absolute Gasteiger partial charge is 0.270 e. The average molecular weight is 251 g/mol. The quantitative estimate of drug-likeness (QED) is 0.546. The van der Waals surface area contributed by atoms with Crippen LogP contribution in [0, 0.1) is 5.92 Å². The van der Waals surface area contributed by atoms with Gasteiger partial charge < -0.3 is 9.64 Å². The van der Waals surface area contributed by atoms with Gasteiger partial charge in [-0.3, -0.25) is 14.4 Å². The normalized spacial score (nSPS) is 31.1. The van der Waals surface area contributed by atoms with Crippen LogP contribution in [0.4, 0.5) is 0 Å². The van der Waals surface area contributed by atoms with Crippen molar-refractivity contribution in [3.8, 4) is 0 Å². The van der Waals surface area contributed by atoms with Crippen LogP contribution in [-0.4, -0.2) is 41.1 Å². The van der Waals surface area contributed by atoms with Gasteiger partial charge in [0.05, 0.1) is 0 Å². The van der Waals surface area contributed by atoms with Crippen LogP contribution in [0.2, 0.25) is 0 Å². The molecule has 0 saturated carbocycles. The van der Waals surface area contributed by atoms with E-state index in [0.717, 1.165) is 0 Å². The molecule has 1 fully saturated rings. The van der Waals surface area contributed by atoms with Crippen LogP contribution in [0.25, 0.3) is 0 Å². The molecule has 0 aromatic rings. The van der Waals surface area contributed by atoms with Gasteiger partial charge in [0.25, 0.3) is 5.91 Å². The third-order valence-electron chi connectivity index (χ3n) is 3.38. The van der Waals surface area contributed by atoms with Crippen LogP contribution in [0.1, 0.15) is 27.2 Å². The zero-order valence-corrected chi connectivity index (χ0v) is 11.0. The molecule has 2 atom stereocenters. The molecule has 2 rings (SSSR count). The minimum Gasteiger partial charge on any atom is -0.339 e. The third kappa shape index (κ3) is 1.70. The second-order valence-corrected chi connectivity index (χ2v) is 5.31. The lowest BCUT2D eigenvalue weighted by atomic mass is 9.90. The average Bonchev–Trinajstić information content (AvgIpc) is 3.00. The van der Waals surface area contributed by atoms with Gasteiger partial charge >= 0.3 is 0 Å². The Morgan fingerprint density at radius 2 is 2.11 bits per heavy atom. The summed E-state index contributed by atoms with van der Waals surface area (Å²) in [6.45, 7) is 5.50. The molecule has 2 heterocycles. The summed E-state index contributed by atoms with van der Waals surface area (Å²) in [5.74, 6) is -0.838. The van der Waals surface area contributed by atoms with E-state index in [-0.39, 0.29) is 11.7 Å². The summed E-state index contributed by atoms with van der Waals surface area (Å²) in [5.41, 5.74) is -0.985. The van der Waals surface area contributed by atoms with Crippen LogP contribution in [0.3, 0.4) is 0 Å². The van der Waals surface area contributed by atoms with Gasteiger partial charge in [0.2, 0.25) is 11.4 Å². The van der Waals surface area contributed by atoms with E-state index in [4.69, 9.17) is 4.74 Å². The van der Waals surface area contributed by atoms with Crippen molar-refractivity contribution in [2.24, 2.45) is 5.92 Å². The van der Waals surface area contributed by atoms with E-state index in [1.54, 1.807) is 14.0 Å². The fourth-order valence-electron chi connectivity index (χ4n) is 2.21. The lowest BCUT2D eigenvalue weighted by Crippen LogP contribution is -2.49. The number of carbonyl (C=O) groups is 3. The number of epoxide rings is 1. The Hall–Kier alpha value is -1.49. The van der Waals surface area contributed by atoms with Gasteiger partial charge in [0, 0.05) is 25.2 Å². The minimum absolute atomic E-state index is 0.173. The molecule has 5 nitrogen and oxygen atoms in total. The number of likely N-dealkylation sites (N-methyl/N-ethyl adjacent to an activating group) is 1. The molecule has 18 heavy (non-hydrogen) atoms. The summed E-state index contributed by atoms with van der Waals surface area (Å²) in [6.07, 6.45) is 0.787. The number of rotatable bonds is 3. The lowest BCUT2D eigenvalue weighted by Gasteiger charge is -2.25. The van der Waals surface area contributed by atoms with Gasteiger partial charge in [-0.1, -0.05) is 13.8 Å². The first-order chi connectivity index (χ1) is 8.30. The van der Waals surface area contributed by atoms with Crippen molar-refractivity contribution in [1.29, 1.82) is 0 Å². The predicted molar refractivity (Wildman–Crippen MR) is 63.6 cm³/mol. The Labute approximate surface area is 106 Å². The van der Waals surface area contributed by atoms with Gasteiger partial charge in [-0.15, -0.1) is 0 Å². The number of hydrogen-bond acceptors (Lipinski definition) is 4. The molecular weight excluding hydrogens is 234 g/mol. The summed E-state index contributed by atoms with van der Waals surface area (Å²) < 4.78 is 5.22. The molecule has 1 amide bonds. The molecule has 98 valence electrons. The Balaban J connectivity index is 2.23. The van der Waals surface area contributed by atoms with Crippen molar-refractivity contribution in [2.45, 2.75) is 38.9 Å². The van der Waals surface area contributed by atoms with E-state index < -0.39 is 23.4 Å². The highest BCUT2D eigenvalue weighted by Crippen LogP contribution is 2.43. The molecule has 1 saturated heterocycles. The van der Waals surface area contributed by atoms with Crippen molar-refractivity contribution >= 4 is 17.5 Å². The highest BCUT2D eigenvalue weighted by molar-refractivity contribution is 6.23. The maximum atomic E-state index is 12.1. The van der Waals surface area contributed by atoms with E-state index in [0.29, 0.717) is 12.1 Å². The maximum Gasteiger partial charge on any atom is 0.270 e. The summed E-state index contributed by atoms with van der Waals surface area (Å²) in [7, 11) is 1.58. The van der Waals surface area contributed by atoms with E-state index in [9.17, 15) is 14.4 Å². The number of ketones is 2. The number of hydrogen-bond donors (Lipinski definition) is 0.